The number of hydrogen-bond acceptors (Lipinski definition) is 3. The van der Waals surface area contributed by atoms with Crippen LogP contribution < -0.4 is 5.32 Å². The first-order chi connectivity index (χ1) is 10.2. The van der Waals surface area contributed by atoms with Crippen molar-refractivity contribution >= 4 is 29.4 Å². The van der Waals surface area contributed by atoms with E-state index in [1.807, 2.05) is 31.2 Å². The number of oxime groups is 1. The first-order valence-corrected chi connectivity index (χ1v) is 6.89. The quantitative estimate of drug-likeness (QED) is 0.671. The van der Waals surface area contributed by atoms with E-state index in [4.69, 9.17) is 16.4 Å². The highest BCUT2D eigenvalue weighted by atomic mass is 35.5. The third-order valence-corrected chi connectivity index (χ3v) is 2.91. The van der Waals surface area contributed by atoms with Gasteiger partial charge in [0, 0.05) is 16.3 Å². The number of carbonyl (C=O) groups excluding carboxylic acids is 1. The first kappa shape index (κ1) is 15.1. The summed E-state index contributed by atoms with van der Waals surface area (Å²) in [4.78, 5) is 17.0. The molecule has 0 aliphatic carbocycles. The molecular formula is C16H15ClN2O2. The van der Waals surface area contributed by atoms with Crippen LogP contribution in [0, 0.1) is 0 Å². The van der Waals surface area contributed by atoms with Gasteiger partial charge >= 0.3 is 0 Å². The number of anilines is 1. The van der Waals surface area contributed by atoms with Gasteiger partial charge in [-0.2, -0.15) is 0 Å². The Hall–Kier alpha value is -2.33. The minimum atomic E-state index is -0.189. The standard InChI is InChI=1S/C16H15ClN2O2/c1-2-21-18-11-12-4-3-5-15(10-12)19-16(20)13-6-8-14(17)9-7-13/h3-11H,2H2,1H3,(H,19,20)/b18-11+. The third kappa shape index (κ3) is 4.61. The monoisotopic (exact) mass is 302 g/mol. The molecule has 0 fully saturated rings. The lowest BCUT2D eigenvalue weighted by Crippen LogP contribution is -2.11. The minimum absolute atomic E-state index is 0.189. The predicted octanol–water partition coefficient (Wildman–Crippen LogP) is 3.96. The van der Waals surface area contributed by atoms with Gasteiger partial charge in [0.2, 0.25) is 0 Å². The van der Waals surface area contributed by atoms with Crippen molar-refractivity contribution in [1.29, 1.82) is 0 Å². The summed E-state index contributed by atoms with van der Waals surface area (Å²) in [5.41, 5.74) is 2.08. The van der Waals surface area contributed by atoms with E-state index in [0.717, 1.165) is 5.56 Å². The van der Waals surface area contributed by atoms with Crippen molar-refractivity contribution in [1.82, 2.24) is 0 Å². The number of benzene rings is 2. The molecule has 2 aromatic rings. The maximum atomic E-state index is 12.1. The number of nitrogens with one attached hydrogen (secondary N) is 1. The summed E-state index contributed by atoms with van der Waals surface area (Å²) in [6.45, 7) is 2.38. The highest BCUT2D eigenvalue weighted by Crippen LogP contribution is 2.13. The van der Waals surface area contributed by atoms with Crippen LogP contribution in [0.1, 0.15) is 22.8 Å². The Morgan fingerprint density at radius 2 is 2.05 bits per heavy atom. The molecule has 5 heteroatoms. The minimum Gasteiger partial charge on any atom is -0.396 e. The number of rotatable bonds is 5. The normalized spacial score (nSPS) is 10.6. The molecule has 0 aliphatic rings. The smallest absolute Gasteiger partial charge is 0.255 e. The lowest BCUT2D eigenvalue weighted by Gasteiger charge is -2.06. The van der Waals surface area contributed by atoms with Gasteiger partial charge in [-0.15, -0.1) is 0 Å². The molecule has 2 rings (SSSR count). The molecule has 0 saturated heterocycles. The zero-order chi connectivity index (χ0) is 15.1. The van der Waals surface area contributed by atoms with Crippen molar-refractivity contribution in [2.45, 2.75) is 6.92 Å². The molecule has 21 heavy (non-hydrogen) atoms. The van der Waals surface area contributed by atoms with E-state index < -0.39 is 0 Å². The fourth-order valence-corrected chi connectivity index (χ4v) is 1.80. The largest absolute Gasteiger partial charge is 0.396 e. The van der Waals surface area contributed by atoms with Crippen LogP contribution in [0.25, 0.3) is 0 Å². The zero-order valence-corrected chi connectivity index (χ0v) is 12.3. The molecule has 0 saturated carbocycles. The number of nitrogens with zero attached hydrogens (tertiary/aromatic N) is 1. The summed E-state index contributed by atoms with van der Waals surface area (Å²) in [6.07, 6.45) is 1.60. The molecule has 0 aliphatic heterocycles. The number of amides is 1. The summed E-state index contributed by atoms with van der Waals surface area (Å²) < 4.78 is 0. The van der Waals surface area contributed by atoms with E-state index >= 15 is 0 Å². The molecule has 0 aromatic heterocycles. The van der Waals surface area contributed by atoms with Crippen molar-refractivity contribution < 1.29 is 9.63 Å². The molecule has 0 atom stereocenters. The summed E-state index contributed by atoms with van der Waals surface area (Å²) in [6, 6.07) is 14.1. The summed E-state index contributed by atoms with van der Waals surface area (Å²) in [5.74, 6) is -0.189. The second-order valence-electron chi connectivity index (χ2n) is 4.24. The van der Waals surface area contributed by atoms with E-state index in [1.165, 1.54) is 0 Å². The van der Waals surface area contributed by atoms with Crippen molar-refractivity contribution in [3.05, 3.63) is 64.7 Å². The van der Waals surface area contributed by atoms with Gasteiger partial charge < -0.3 is 10.2 Å². The third-order valence-electron chi connectivity index (χ3n) is 2.66. The van der Waals surface area contributed by atoms with Crippen LogP contribution in [-0.4, -0.2) is 18.7 Å². The van der Waals surface area contributed by atoms with Crippen LogP contribution in [0.4, 0.5) is 5.69 Å². The SMILES string of the molecule is CCO/N=C/c1cccc(NC(=O)c2ccc(Cl)cc2)c1. The Balaban J connectivity index is 2.07. The fraction of sp³-hybridized carbons (Fsp3) is 0.125. The summed E-state index contributed by atoms with van der Waals surface area (Å²) in [7, 11) is 0. The van der Waals surface area contributed by atoms with E-state index in [1.54, 1.807) is 30.5 Å². The van der Waals surface area contributed by atoms with Crippen molar-refractivity contribution in [2.75, 3.05) is 11.9 Å². The number of halogens is 1. The van der Waals surface area contributed by atoms with Crippen LogP contribution >= 0.6 is 11.6 Å². The molecule has 0 unspecified atom stereocenters. The van der Waals surface area contributed by atoms with Crippen LogP contribution in [0.2, 0.25) is 5.02 Å². The predicted molar refractivity (Wildman–Crippen MR) is 85.1 cm³/mol. The number of hydrogen-bond donors (Lipinski definition) is 1. The van der Waals surface area contributed by atoms with E-state index in [2.05, 4.69) is 10.5 Å². The van der Waals surface area contributed by atoms with E-state index in [-0.39, 0.29) is 5.91 Å². The Bertz CT molecular complexity index is 639. The molecule has 4 nitrogen and oxygen atoms in total. The van der Waals surface area contributed by atoms with Gasteiger partial charge in [-0.1, -0.05) is 28.9 Å². The average molecular weight is 303 g/mol. The van der Waals surface area contributed by atoms with Crippen molar-refractivity contribution in [3.8, 4) is 0 Å². The van der Waals surface area contributed by atoms with Crippen LogP contribution in [0.5, 0.6) is 0 Å². The van der Waals surface area contributed by atoms with Gasteiger partial charge in [-0.05, 0) is 48.9 Å². The van der Waals surface area contributed by atoms with Gasteiger partial charge in [0.25, 0.3) is 5.91 Å². The second kappa shape index (κ2) is 7.45. The molecule has 0 radical (unpaired) electrons. The highest BCUT2D eigenvalue weighted by molar-refractivity contribution is 6.30. The lowest BCUT2D eigenvalue weighted by molar-refractivity contribution is 0.102. The second-order valence-corrected chi connectivity index (χ2v) is 4.68. The molecular weight excluding hydrogens is 288 g/mol. The maximum absolute atomic E-state index is 12.1. The summed E-state index contributed by atoms with van der Waals surface area (Å²) >= 11 is 5.80. The Labute approximate surface area is 128 Å². The van der Waals surface area contributed by atoms with Crippen molar-refractivity contribution in [2.24, 2.45) is 5.16 Å². The summed E-state index contributed by atoms with van der Waals surface area (Å²) in [5, 5.41) is 7.22. The lowest BCUT2D eigenvalue weighted by atomic mass is 10.2. The van der Waals surface area contributed by atoms with Crippen molar-refractivity contribution in [3.63, 3.8) is 0 Å². The first-order valence-electron chi connectivity index (χ1n) is 6.51. The van der Waals surface area contributed by atoms with Gasteiger partial charge in [0.1, 0.15) is 6.61 Å². The number of carbonyl (C=O) groups is 1. The fourth-order valence-electron chi connectivity index (χ4n) is 1.67. The molecule has 0 bridgehead atoms. The van der Waals surface area contributed by atoms with Gasteiger partial charge in [-0.3, -0.25) is 4.79 Å². The van der Waals surface area contributed by atoms with Crippen LogP contribution in [0.3, 0.4) is 0 Å². The molecule has 1 amide bonds. The van der Waals surface area contributed by atoms with E-state index in [0.29, 0.717) is 22.9 Å². The van der Waals surface area contributed by atoms with E-state index in [9.17, 15) is 4.79 Å². The van der Waals surface area contributed by atoms with Crippen LogP contribution in [0.15, 0.2) is 53.7 Å². The molecule has 1 N–H and O–H groups in total. The Morgan fingerprint density at radius 3 is 2.76 bits per heavy atom. The van der Waals surface area contributed by atoms with Crippen LogP contribution in [-0.2, 0) is 4.84 Å². The topological polar surface area (TPSA) is 50.7 Å². The van der Waals surface area contributed by atoms with Gasteiger partial charge in [0.05, 0.1) is 6.21 Å². The molecule has 2 aromatic carbocycles. The Morgan fingerprint density at radius 1 is 1.29 bits per heavy atom. The van der Waals surface area contributed by atoms with Gasteiger partial charge in [0.15, 0.2) is 0 Å². The molecule has 0 spiro atoms. The average Bonchev–Trinajstić information content (AvgIpc) is 2.48. The molecule has 108 valence electrons. The van der Waals surface area contributed by atoms with Gasteiger partial charge in [-0.25, -0.2) is 0 Å². The maximum Gasteiger partial charge on any atom is 0.255 e. The molecule has 0 heterocycles. The highest BCUT2D eigenvalue weighted by Gasteiger charge is 2.05. The zero-order valence-electron chi connectivity index (χ0n) is 11.5. The Kier molecular flexibility index (Phi) is 5.35.